The van der Waals surface area contributed by atoms with Crippen LogP contribution in [0.15, 0.2) is 0 Å². The van der Waals surface area contributed by atoms with Crippen molar-refractivity contribution in [2.24, 2.45) is 5.73 Å². The number of amidine groups is 1. The number of thiol groups is 1. The van der Waals surface area contributed by atoms with Gasteiger partial charge in [-0.3, -0.25) is 10.2 Å². The van der Waals surface area contributed by atoms with Crippen LogP contribution in [0, 0.1) is 5.41 Å². The monoisotopic (exact) mass is 255 g/mol. The molecule has 0 aliphatic rings. The molecule has 90 valence electrons. The number of carbonyl (C=O) groups is 1. The van der Waals surface area contributed by atoms with Crippen LogP contribution >= 0.6 is 25.0 Å². The molecule has 0 spiro atoms. The molecule has 1 atom stereocenters. The van der Waals surface area contributed by atoms with Gasteiger partial charge < -0.3 is 15.8 Å². The van der Waals surface area contributed by atoms with Crippen LogP contribution in [0.3, 0.4) is 0 Å². The van der Waals surface area contributed by atoms with Gasteiger partial charge in [-0.1, -0.05) is 0 Å². The number of nitrogens with one attached hydrogen (secondary N) is 2. The quantitative estimate of drug-likeness (QED) is 0.186. The molecule has 0 fully saturated rings. The SMILES string of the molecule is CC(=N)NCCOC(=O)[C@](C)(N)CS.Cl. The molecule has 0 aromatic carbocycles. The Balaban J connectivity index is 0. The summed E-state index contributed by atoms with van der Waals surface area (Å²) >= 11 is 3.94. The van der Waals surface area contributed by atoms with Gasteiger partial charge in [0.1, 0.15) is 12.1 Å². The molecule has 4 N–H and O–H groups in total. The number of nitrogens with two attached hydrogens (primary N) is 1. The van der Waals surface area contributed by atoms with Gasteiger partial charge in [-0.15, -0.1) is 12.4 Å². The Morgan fingerprint density at radius 1 is 1.67 bits per heavy atom. The predicted octanol–water partition coefficient (Wildman–Crippen LogP) is 0.185. The third-order valence-corrected chi connectivity index (χ3v) is 2.18. The van der Waals surface area contributed by atoms with E-state index in [0.717, 1.165) is 0 Å². The van der Waals surface area contributed by atoms with Gasteiger partial charge in [-0.05, 0) is 13.8 Å². The van der Waals surface area contributed by atoms with Crippen LogP contribution < -0.4 is 11.1 Å². The van der Waals surface area contributed by atoms with Gasteiger partial charge in [0.25, 0.3) is 0 Å². The molecule has 0 bridgehead atoms. The lowest BCUT2D eigenvalue weighted by atomic mass is 10.1. The van der Waals surface area contributed by atoms with Gasteiger partial charge >= 0.3 is 5.97 Å². The second-order valence-corrected chi connectivity index (χ2v) is 3.58. The smallest absolute Gasteiger partial charge is 0.326 e. The molecule has 0 aromatic heterocycles. The van der Waals surface area contributed by atoms with Crippen molar-refractivity contribution in [1.29, 1.82) is 5.41 Å². The fourth-order valence-corrected chi connectivity index (χ4v) is 0.741. The van der Waals surface area contributed by atoms with Gasteiger partial charge in [-0.25, -0.2) is 0 Å². The molecular formula is C8H18ClN3O2S. The third kappa shape index (κ3) is 7.47. The van der Waals surface area contributed by atoms with Crippen LogP contribution in [0.1, 0.15) is 13.8 Å². The maximum Gasteiger partial charge on any atom is 0.326 e. The molecule has 0 heterocycles. The third-order valence-electron chi connectivity index (χ3n) is 1.52. The zero-order chi connectivity index (χ0) is 11.2. The molecule has 7 heteroatoms. The summed E-state index contributed by atoms with van der Waals surface area (Å²) in [5, 5.41) is 9.77. The Labute approximate surface area is 101 Å². The number of ether oxygens (including phenoxy) is 1. The average Bonchev–Trinajstić information content (AvgIpc) is 2.11. The lowest BCUT2D eigenvalue weighted by Gasteiger charge is -2.19. The van der Waals surface area contributed by atoms with Gasteiger partial charge in [0.15, 0.2) is 0 Å². The summed E-state index contributed by atoms with van der Waals surface area (Å²) in [5.41, 5.74) is 4.55. The number of carbonyl (C=O) groups excluding carboxylic acids is 1. The molecular weight excluding hydrogens is 238 g/mol. The van der Waals surface area contributed by atoms with Gasteiger partial charge in [0, 0.05) is 5.75 Å². The first-order valence-corrected chi connectivity index (χ1v) is 4.89. The van der Waals surface area contributed by atoms with Gasteiger partial charge in [-0.2, -0.15) is 12.6 Å². The molecule has 0 unspecified atom stereocenters. The number of hydrogen-bond donors (Lipinski definition) is 4. The van der Waals surface area contributed by atoms with Crippen molar-refractivity contribution in [3.05, 3.63) is 0 Å². The van der Waals surface area contributed by atoms with Gasteiger partial charge in [0.2, 0.25) is 0 Å². The summed E-state index contributed by atoms with van der Waals surface area (Å²) in [6, 6.07) is 0. The maximum absolute atomic E-state index is 11.3. The highest BCUT2D eigenvalue weighted by Crippen LogP contribution is 2.03. The van der Waals surface area contributed by atoms with E-state index in [0.29, 0.717) is 12.4 Å². The summed E-state index contributed by atoms with van der Waals surface area (Å²) in [6.07, 6.45) is 0. The molecule has 5 nitrogen and oxygen atoms in total. The highest BCUT2D eigenvalue weighted by Gasteiger charge is 2.28. The second kappa shape index (κ2) is 7.78. The lowest BCUT2D eigenvalue weighted by molar-refractivity contribution is -0.148. The minimum absolute atomic E-state index is 0. The van der Waals surface area contributed by atoms with E-state index in [1.165, 1.54) is 0 Å². The van der Waals surface area contributed by atoms with Crippen LogP contribution in [0.2, 0.25) is 0 Å². The van der Waals surface area contributed by atoms with E-state index in [4.69, 9.17) is 15.9 Å². The Morgan fingerprint density at radius 2 is 2.20 bits per heavy atom. The minimum Gasteiger partial charge on any atom is -0.462 e. The van der Waals surface area contributed by atoms with Crippen LogP contribution in [-0.4, -0.2) is 36.2 Å². The molecule has 0 radical (unpaired) electrons. The Morgan fingerprint density at radius 3 is 2.60 bits per heavy atom. The normalized spacial score (nSPS) is 13.3. The molecule has 0 aliphatic heterocycles. The number of hydrogen-bond acceptors (Lipinski definition) is 5. The highest BCUT2D eigenvalue weighted by molar-refractivity contribution is 7.80. The molecule has 0 rings (SSSR count). The van der Waals surface area contributed by atoms with Gasteiger partial charge in [0.05, 0.1) is 12.4 Å². The Kier molecular flexibility index (Phi) is 8.80. The number of rotatable bonds is 5. The Hall–Kier alpha value is -0.460. The summed E-state index contributed by atoms with van der Waals surface area (Å²) in [7, 11) is 0. The van der Waals surface area contributed by atoms with Crippen LogP contribution in [0.4, 0.5) is 0 Å². The first-order chi connectivity index (χ1) is 6.40. The van der Waals surface area contributed by atoms with E-state index in [1.54, 1.807) is 13.8 Å². The first-order valence-electron chi connectivity index (χ1n) is 4.26. The number of halogens is 1. The summed E-state index contributed by atoms with van der Waals surface area (Å²) in [5.74, 6) is 0.103. The summed E-state index contributed by atoms with van der Waals surface area (Å²) < 4.78 is 4.88. The van der Waals surface area contributed by atoms with E-state index < -0.39 is 11.5 Å². The first kappa shape index (κ1) is 17.0. The van der Waals surface area contributed by atoms with Crippen molar-refractivity contribution in [1.82, 2.24) is 5.32 Å². The minimum atomic E-state index is -1.04. The van der Waals surface area contributed by atoms with Crippen molar-refractivity contribution >= 4 is 36.8 Å². The second-order valence-electron chi connectivity index (χ2n) is 3.26. The lowest BCUT2D eigenvalue weighted by Crippen LogP contribution is -2.48. The topological polar surface area (TPSA) is 88.2 Å². The Bertz CT molecular complexity index is 224. The molecule has 15 heavy (non-hydrogen) atoms. The summed E-state index contributed by atoms with van der Waals surface area (Å²) in [6.45, 7) is 3.81. The van der Waals surface area contributed by atoms with Crippen molar-refractivity contribution in [3.63, 3.8) is 0 Å². The summed E-state index contributed by atoms with van der Waals surface area (Å²) in [4.78, 5) is 11.3. The van der Waals surface area contributed by atoms with E-state index in [1.807, 2.05) is 0 Å². The van der Waals surface area contributed by atoms with E-state index in [9.17, 15) is 4.79 Å². The van der Waals surface area contributed by atoms with Crippen LogP contribution in [0.25, 0.3) is 0 Å². The molecule has 0 amide bonds. The average molecular weight is 256 g/mol. The molecule has 0 aromatic rings. The van der Waals surface area contributed by atoms with Crippen molar-refractivity contribution in [3.8, 4) is 0 Å². The van der Waals surface area contributed by atoms with E-state index in [-0.39, 0.29) is 24.8 Å². The van der Waals surface area contributed by atoms with Crippen LogP contribution in [0.5, 0.6) is 0 Å². The predicted molar refractivity (Wildman–Crippen MR) is 66.1 cm³/mol. The number of esters is 1. The largest absolute Gasteiger partial charge is 0.462 e. The maximum atomic E-state index is 11.3. The molecule has 0 saturated carbocycles. The fraction of sp³-hybridized carbons (Fsp3) is 0.750. The zero-order valence-corrected chi connectivity index (χ0v) is 10.6. The van der Waals surface area contributed by atoms with E-state index in [2.05, 4.69) is 17.9 Å². The van der Waals surface area contributed by atoms with Crippen molar-refractivity contribution in [2.45, 2.75) is 19.4 Å². The fourth-order valence-electron chi connectivity index (χ4n) is 0.612. The molecule has 0 aliphatic carbocycles. The standard InChI is InChI=1S/C8H17N3O2S.ClH/c1-6(9)11-3-4-13-7(12)8(2,10)5-14;/h14H,3-5,10H2,1-2H3,(H2,9,11);1H/t8-;/m1./s1. The van der Waals surface area contributed by atoms with E-state index >= 15 is 0 Å². The van der Waals surface area contributed by atoms with Crippen molar-refractivity contribution < 1.29 is 9.53 Å². The molecule has 0 saturated heterocycles. The van der Waals surface area contributed by atoms with Crippen LogP contribution in [-0.2, 0) is 9.53 Å². The highest BCUT2D eigenvalue weighted by atomic mass is 35.5. The zero-order valence-electron chi connectivity index (χ0n) is 8.87. The van der Waals surface area contributed by atoms with Crippen molar-refractivity contribution in [2.75, 3.05) is 18.9 Å².